The Kier molecular flexibility index (Phi) is 7.17. The first-order chi connectivity index (χ1) is 13.6. The van der Waals surface area contributed by atoms with Crippen LogP contribution in [0.3, 0.4) is 0 Å². The van der Waals surface area contributed by atoms with Crippen LogP contribution in [-0.4, -0.2) is 60.9 Å². The normalized spacial score (nSPS) is 22.2. The molecule has 0 unspecified atom stereocenters. The third kappa shape index (κ3) is 4.92. The van der Waals surface area contributed by atoms with Gasteiger partial charge < -0.3 is 15.1 Å². The molecule has 3 fully saturated rings. The van der Waals surface area contributed by atoms with E-state index in [2.05, 4.69) is 10.2 Å². The molecule has 3 heterocycles. The van der Waals surface area contributed by atoms with Crippen LogP contribution in [0.15, 0.2) is 24.3 Å². The van der Waals surface area contributed by atoms with Gasteiger partial charge in [-0.3, -0.25) is 9.59 Å². The van der Waals surface area contributed by atoms with E-state index in [9.17, 15) is 14.0 Å². The van der Waals surface area contributed by atoms with Crippen molar-refractivity contribution in [2.24, 2.45) is 11.3 Å². The van der Waals surface area contributed by atoms with Crippen LogP contribution in [0, 0.1) is 17.2 Å². The number of piperidine rings is 3. The quantitative estimate of drug-likeness (QED) is 0.795. The summed E-state index contributed by atoms with van der Waals surface area (Å²) < 4.78 is 13.1. The molecule has 0 atom stereocenters. The molecule has 2 amide bonds. The van der Waals surface area contributed by atoms with E-state index in [0.29, 0.717) is 24.1 Å². The van der Waals surface area contributed by atoms with Crippen molar-refractivity contribution in [2.75, 3.05) is 39.3 Å². The molecule has 4 rings (SSSR count). The van der Waals surface area contributed by atoms with Gasteiger partial charge >= 0.3 is 0 Å². The first-order valence-corrected chi connectivity index (χ1v) is 10.6. The Morgan fingerprint density at radius 2 is 1.48 bits per heavy atom. The fraction of sp³-hybridized carbons (Fsp3) is 0.636. The molecule has 0 saturated carbocycles. The van der Waals surface area contributed by atoms with Gasteiger partial charge in [-0.1, -0.05) is 0 Å². The number of benzene rings is 1. The van der Waals surface area contributed by atoms with E-state index < -0.39 is 0 Å². The Balaban J connectivity index is 0.00000240. The molecule has 1 N–H and O–H groups in total. The molecule has 0 radical (unpaired) electrons. The number of hydrogen-bond donors (Lipinski definition) is 1. The summed E-state index contributed by atoms with van der Waals surface area (Å²) in [5.41, 5.74) is 0.960. The highest BCUT2D eigenvalue weighted by Gasteiger charge is 2.38. The van der Waals surface area contributed by atoms with Crippen LogP contribution < -0.4 is 5.32 Å². The fourth-order valence-corrected chi connectivity index (χ4v) is 5.02. The number of nitrogens with zero attached hydrogens (tertiary/aromatic N) is 2. The molecule has 160 valence electrons. The molecule has 3 aliphatic heterocycles. The number of likely N-dealkylation sites (tertiary alicyclic amines) is 2. The van der Waals surface area contributed by atoms with Crippen LogP contribution in [-0.2, 0) is 4.79 Å². The number of carbonyl (C=O) groups excluding carboxylic acids is 2. The molecule has 7 heteroatoms. The van der Waals surface area contributed by atoms with Gasteiger partial charge in [-0.05, 0) is 81.3 Å². The summed E-state index contributed by atoms with van der Waals surface area (Å²) in [6, 6.07) is 5.68. The van der Waals surface area contributed by atoms with E-state index in [0.717, 1.165) is 51.9 Å². The van der Waals surface area contributed by atoms with Crippen LogP contribution >= 0.6 is 12.4 Å². The van der Waals surface area contributed by atoms with Gasteiger partial charge in [0.15, 0.2) is 0 Å². The number of amides is 2. The Morgan fingerprint density at radius 3 is 2.07 bits per heavy atom. The van der Waals surface area contributed by atoms with Gasteiger partial charge in [0.05, 0.1) is 0 Å². The van der Waals surface area contributed by atoms with Gasteiger partial charge in [-0.25, -0.2) is 4.39 Å². The summed E-state index contributed by atoms with van der Waals surface area (Å²) in [5, 5.41) is 3.44. The van der Waals surface area contributed by atoms with E-state index >= 15 is 0 Å². The summed E-state index contributed by atoms with van der Waals surface area (Å²) in [4.78, 5) is 29.4. The maximum atomic E-state index is 13.1. The molecule has 3 aliphatic rings. The van der Waals surface area contributed by atoms with Gasteiger partial charge in [0.25, 0.3) is 5.91 Å². The van der Waals surface area contributed by atoms with Gasteiger partial charge in [-0.15, -0.1) is 12.4 Å². The Bertz CT molecular complexity index is 703. The zero-order valence-electron chi connectivity index (χ0n) is 16.9. The molecular weight excluding hydrogens is 393 g/mol. The predicted octanol–water partition coefficient (Wildman–Crippen LogP) is 3.09. The van der Waals surface area contributed by atoms with Crippen LogP contribution in [0.4, 0.5) is 4.39 Å². The zero-order valence-corrected chi connectivity index (χ0v) is 17.7. The number of rotatable bonds is 2. The van der Waals surface area contributed by atoms with Gasteiger partial charge in [0.1, 0.15) is 5.82 Å². The van der Waals surface area contributed by atoms with E-state index in [4.69, 9.17) is 0 Å². The first-order valence-electron chi connectivity index (χ1n) is 10.6. The first kappa shape index (κ1) is 22.0. The van der Waals surface area contributed by atoms with Crippen molar-refractivity contribution in [3.8, 4) is 0 Å². The SMILES string of the molecule is Cl.O=C(c1ccc(F)cc1)N1CCC(C(=O)N2CCC3(CCNCC3)CC2)CC1. The van der Waals surface area contributed by atoms with E-state index in [-0.39, 0.29) is 36.0 Å². The maximum Gasteiger partial charge on any atom is 0.253 e. The van der Waals surface area contributed by atoms with Crippen LogP contribution in [0.5, 0.6) is 0 Å². The summed E-state index contributed by atoms with van der Waals surface area (Å²) in [5.74, 6) is -0.109. The lowest BCUT2D eigenvalue weighted by atomic mass is 9.71. The Labute approximate surface area is 178 Å². The van der Waals surface area contributed by atoms with Gasteiger partial charge in [-0.2, -0.15) is 0 Å². The Morgan fingerprint density at radius 1 is 0.897 bits per heavy atom. The smallest absolute Gasteiger partial charge is 0.253 e. The zero-order chi connectivity index (χ0) is 19.6. The second-order valence-corrected chi connectivity index (χ2v) is 8.65. The molecule has 3 saturated heterocycles. The number of hydrogen-bond acceptors (Lipinski definition) is 3. The van der Waals surface area contributed by atoms with E-state index in [1.165, 1.54) is 37.1 Å². The summed E-state index contributed by atoms with van der Waals surface area (Å²) in [6.07, 6.45) is 6.16. The van der Waals surface area contributed by atoms with Crippen molar-refractivity contribution in [3.63, 3.8) is 0 Å². The van der Waals surface area contributed by atoms with Crippen molar-refractivity contribution in [1.82, 2.24) is 15.1 Å². The molecule has 1 aromatic rings. The maximum absolute atomic E-state index is 13.1. The topological polar surface area (TPSA) is 52.7 Å². The minimum absolute atomic E-state index is 0. The van der Waals surface area contributed by atoms with Crippen molar-refractivity contribution in [2.45, 2.75) is 38.5 Å². The van der Waals surface area contributed by atoms with Gasteiger partial charge in [0.2, 0.25) is 5.91 Å². The van der Waals surface area contributed by atoms with Crippen LogP contribution in [0.2, 0.25) is 0 Å². The highest BCUT2D eigenvalue weighted by atomic mass is 35.5. The molecule has 0 bridgehead atoms. The number of carbonyl (C=O) groups is 2. The van der Waals surface area contributed by atoms with Crippen molar-refractivity contribution in [1.29, 1.82) is 0 Å². The number of nitrogens with one attached hydrogen (secondary N) is 1. The average Bonchev–Trinajstić information content (AvgIpc) is 2.75. The Hall–Kier alpha value is -1.66. The third-order valence-corrected chi connectivity index (χ3v) is 7.02. The summed E-state index contributed by atoms with van der Waals surface area (Å²) in [6.45, 7) is 5.16. The average molecular weight is 424 g/mol. The molecule has 0 aromatic heterocycles. The predicted molar refractivity (Wildman–Crippen MR) is 113 cm³/mol. The fourth-order valence-electron chi connectivity index (χ4n) is 5.02. The van der Waals surface area contributed by atoms with Crippen molar-refractivity contribution in [3.05, 3.63) is 35.6 Å². The molecule has 1 aromatic carbocycles. The highest BCUT2D eigenvalue weighted by molar-refractivity contribution is 5.94. The van der Waals surface area contributed by atoms with E-state index in [1.54, 1.807) is 4.90 Å². The number of halogens is 2. The van der Waals surface area contributed by atoms with Crippen LogP contribution in [0.25, 0.3) is 0 Å². The van der Waals surface area contributed by atoms with Crippen molar-refractivity contribution < 1.29 is 14.0 Å². The summed E-state index contributed by atoms with van der Waals surface area (Å²) >= 11 is 0. The lowest BCUT2D eigenvalue weighted by Crippen LogP contribution is -2.50. The van der Waals surface area contributed by atoms with Crippen LogP contribution in [0.1, 0.15) is 48.9 Å². The molecule has 0 aliphatic carbocycles. The summed E-state index contributed by atoms with van der Waals surface area (Å²) in [7, 11) is 0. The molecule has 5 nitrogen and oxygen atoms in total. The monoisotopic (exact) mass is 423 g/mol. The molecule has 1 spiro atoms. The standard InChI is InChI=1S/C22H30FN3O2.ClH/c23-19-3-1-17(2-4-19)20(27)25-13-5-18(6-14-25)21(28)26-15-9-22(10-16-26)7-11-24-12-8-22;/h1-4,18,24H,5-16H2;1H. The minimum Gasteiger partial charge on any atom is -0.342 e. The molecular formula is C22H31ClFN3O2. The van der Waals surface area contributed by atoms with E-state index in [1.807, 2.05) is 0 Å². The van der Waals surface area contributed by atoms with Crippen molar-refractivity contribution >= 4 is 24.2 Å². The lowest BCUT2D eigenvalue weighted by Gasteiger charge is -2.45. The van der Waals surface area contributed by atoms with Gasteiger partial charge in [0, 0.05) is 37.7 Å². The third-order valence-electron chi connectivity index (χ3n) is 7.02. The minimum atomic E-state index is -0.339. The highest BCUT2D eigenvalue weighted by Crippen LogP contribution is 2.40. The second kappa shape index (κ2) is 9.43. The second-order valence-electron chi connectivity index (χ2n) is 8.65. The molecule has 29 heavy (non-hydrogen) atoms. The lowest BCUT2D eigenvalue weighted by molar-refractivity contribution is -0.139. The largest absolute Gasteiger partial charge is 0.342 e.